The van der Waals surface area contributed by atoms with E-state index in [4.69, 9.17) is 0 Å². The molecule has 0 spiro atoms. The summed E-state index contributed by atoms with van der Waals surface area (Å²) in [5.74, 6) is 0. The summed E-state index contributed by atoms with van der Waals surface area (Å²) in [5.41, 5.74) is 0.449. The van der Waals surface area contributed by atoms with Crippen LogP contribution in [0.3, 0.4) is 0 Å². The third kappa shape index (κ3) is 2.68. The molecule has 0 unspecified atom stereocenters. The van der Waals surface area contributed by atoms with Crippen LogP contribution in [0.4, 0.5) is 0 Å². The molecule has 0 bridgehead atoms. The molecule has 0 heterocycles. The Morgan fingerprint density at radius 2 is 1.77 bits per heavy atom. The molecule has 1 aliphatic carbocycles. The first-order valence-corrected chi connectivity index (χ1v) is 5.48. The van der Waals surface area contributed by atoms with Crippen LogP contribution in [0.25, 0.3) is 0 Å². The van der Waals surface area contributed by atoms with Gasteiger partial charge in [0.2, 0.25) is 0 Å². The zero-order valence-corrected chi connectivity index (χ0v) is 9.56. The highest BCUT2D eigenvalue weighted by Gasteiger charge is 2.35. The van der Waals surface area contributed by atoms with Gasteiger partial charge in [-0.2, -0.15) is 0 Å². The first-order chi connectivity index (χ1) is 6.07. The summed E-state index contributed by atoms with van der Waals surface area (Å²) in [7, 11) is 4.43. The number of nitrogens with one attached hydrogen (secondary N) is 1. The van der Waals surface area contributed by atoms with Gasteiger partial charge in [-0.15, -0.1) is 0 Å². The molecule has 1 rings (SSSR count). The Morgan fingerprint density at radius 3 is 2.15 bits per heavy atom. The van der Waals surface area contributed by atoms with Gasteiger partial charge in [0.05, 0.1) is 0 Å². The molecule has 2 nitrogen and oxygen atoms in total. The first kappa shape index (κ1) is 11.0. The lowest BCUT2D eigenvalue weighted by atomic mass is 9.96. The minimum atomic E-state index is 0.449. The minimum absolute atomic E-state index is 0.449. The molecule has 1 aliphatic rings. The van der Waals surface area contributed by atoms with E-state index in [1.165, 1.54) is 25.7 Å². The van der Waals surface area contributed by atoms with Crippen molar-refractivity contribution in [2.24, 2.45) is 0 Å². The summed E-state index contributed by atoms with van der Waals surface area (Å²) in [6.07, 6.45) is 5.52. The molecular formula is C11H24N2. The zero-order chi connectivity index (χ0) is 9.90. The predicted molar refractivity (Wildman–Crippen MR) is 58.0 cm³/mol. The molecule has 13 heavy (non-hydrogen) atoms. The van der Waals surface area contributed by atoms with Crippen molar-refractivity contribution in [2.45, 2.75) is 51.1 Å². The van der Waals surface area contributed by atoms with Crippen LogP contribution in [0.1, 0.15) is 39.5 Å². The van der Waals surface area contributed by atoms with Crippen molar-refractivity contribution in [1.29, 1.82) is 0 Å². The molecule has 0 aromatic carbocycles. The van der Waals surface area contributed by atoms with Gasteiger partial charge >= 0.3 is 0 Å². The number of hydrogen-bond donors (Lipinski definition) is 1. The van der Waals surface area contributed by atoms with Gasteiger partial charge in [0.25, 0.3) is 0 Å². The molecule has 1 saturated carbocycles. The molecule has 0 saturated heterocycles. The van der Waals surface area contributed by atoms with Gasteiger partial charge in [0.15, 0.2) is 0 Å². The van der Waals surface area contributed by atoms with Crippen LogP contribution in [0.5, 0.6) is 0 Å². The van der Waals surface area contributed by atoms with Gasteiger partial charge in [-0.05, 0) is 26.9 Å². The Labute approximate surface area is 82.7 Å². The predicted octanol–water partition coefficient (Wildman–Crippen LogP) is 1.86. The highest BCUT2D eigenvalue weighted by molar-refractivity contribution is 4.94. The van der Waals surface area contributed by atoms with Crippen molar-refractivity contribution in [3.8, 4) is 0 Å². The highest BCUT2D eigenvalue weighted by atomic mass is 15.2. The van der Waals surface area contributed by atoms with E-state index < -0.39 is 0 Å². The van der Waals surface area contributed by atoms with Crippen molar-refractivity contribution in [3.63, 3.8) is 0 Å². The van der Waals surface area contributed by atoms with E-state index in [9.17, 15) is 0 Å². The summed E-state index contributed by atoms with van der Waals surface area (Å²) < 4.78 is 0. The van der Waals surface area contributed by atoms with Crippen LogP contribution in [0, 0.1) is 0 Å². The van der Waals surface area contributed by atoms with Gasteiger partial charge in [-0.3, -0.25) is 0 Å². The molecule has 0 radical (unpaired) electrons. The topological polar surface area (TPSA) is 15.3 Å². The maximum atomic E-state index is 3.57. The number of hydrogen-bond acceptors (Lipinski definition) is 2. The van der Waals surface area contributed by atoms with Crippen LogP contribution in [-0.4, -0.2) is 37.1 Å². The highest BCUT2D eigenvalue weighted by Crippen LogP contribution is 2.33. The second kappa shape index (κ2) is 4.43. The Balaban J connectivity index is 2.47. The molecule has 1 N–H and O–H groups in total. The summed E-state index contributed by atoms with van der Waals surface area (Å²) in [5, 5.41) is 3.57. The standard InChI is InChI=1S/C11H24N2/c1-10(2)12-9-11(13(3)4)7-5-6-8-11/h10,12H,5-9H2,1-4H3. The van der Waals surface area contributed by atoms with Crippen LogP contribution in [0.2, 0.25) is 0 Å². The fraction of sp³-hybridized carbons (Fsp3) is 1.00. The Bertz CT molecular complexity index is 146. The van der Waals surface area contributed by atoms with Crippen LogP contribution >= 0.6 is 0 Å². The van der Waals surface area contributed by atoms with E-state index in [0.29, 0.717) is 11.6 Å². The lowest BCUT2D eigenvalue weighted by Crippen LogP contribution is -2.50. The molecule has 0 aliphatic heterocycles. The van der Waals surface area contributed by atoms with E-state index in [1.54, 1.807) is 0 Å². The molecule has 2 heteroatoms. The average molecular weight is 184 g/mol. The zero-order valence-electron chi connectivity index (χ0n) is 9.56. The van der Waals surface area contributed by atoms with E-state index in [1.807, 2.05) is 0 Å². The van der Waals surface area contributed by atoms with Crippen molar-refractivity contribution >= 4 is 0 Å². The van der Waals surface area contributed by atoms with Crippen molar-refractivity contribution in [1.82, 2.24) is 10.2 Å². The van der Waals surface area contributed by atoms with E-state index in [2.05, 4.69) is 38.2 Å². The Hall–Kier alpha value is -0.0800. The number of likely N-dealkylation sites (N-methyl/N-ethyl adjacent to an activating group) is 1. The molecule has 78 valence electrons. The molecular weight excluding hydrogens is 160 g/mol. The first-order valence-electron chi connectivity index (χ1n) is 5.48. The summed E-state index contributed by atoms with van der Waals surface area (Å²) in [4.78, 5) is 2.41. The van der Waals surface area contributed by atoms with Crippen molar-refractivity contribution in [3.05, 3.63) is 0 Å². The quantitative estimate of drug-likeness (QED) is 0.717. The molecule has 0 atom stereocenters. The molecule has 1 fully saturated rings. The second-order valence-corrected chi connectivity index (χ2v) is 4.86. The van der Waals surface area contributed by atoms with Gasteiger partial charge in [0.1, 0.15) is 0 Å². The lowest BCUT2D eigenvalue weighted by molar-refractivity contribution is 0.151. The summed E-state index contributed by atoms with van der Waals surface area (Å²) in [6.45, 7) is 5.59. The summed E-state index contributed by atoms with van der Waals surface area (Å²) >= 11 is 0. The van der Waals surface area contributed by atoms with Gasteiger partial charge in [0, 0.05) is 18.1 Å². The Morgan fingerprint density at radius 1 is 1.23 bits per heavy atom. The van der Waals surface area contributed by atoms with Gasteiger partial charge in [-0.25, -0.2) is 0 Å². The van der Waals surface area contributed by atoms with Gasteiger partial charge < -0.3 is 10.2 Å². The van der Waals surface area contributed by atoms with E-state index in [-0.39, 0.29) is 0 Å². The fourth-order valence-electron chi connectivity index (χ4n) is 2.21. The number of rotatable bonds is 4. The van der Waals surface area contributed by atoms with Crippen molar-refractivity contribution < 1.29 is 0 Å². The molecule has 0 amide bonds. The van der Waals surface area contributed by atoms with E-state index in [0.717, 1.165) is 6.54 Å². The second-order valence-electron chi connectivity index (χ2n) is 4.86. The minimum Gasteiger partial charge on any atom is -0.313 e. The van der Waals surface area contributed by atoms with Crippen molar-refractivity contribution in [2.75, 3.05) is 20.6 Å². The largest absolute Gasteiger partial charge is 0.313 e. The SMILES string of the molecule is CC(C)NCC1(N(C)C)CCCC1. The maximum absolute atomic E-state index is 3.57. The van der Waals surface area contributed by atoms with Gasteiger partial charge in [-0.1, -0.05) is 26.7 Å². The summed E-state index contributed by atoms with van der Waals surface area (Å²) in [6, 6.07) is 0.609. The lowest BCUT2D eigenvalue weighted by Gasteiger charge is -2.37. The third-order valence-corrected chi connectivity index (χ3v) is 3.32. The van der Waals surface area contributed by atoms with Crippen LogP contribution in [0.15, 0.2) is 0 Å². The van der Waals surface area contributed by atoms with Crippen LogP contribution < -0.4 is 5.32 Å². The average Bonchev–Trinajstić information content (AvgIpc) is 2.50. The molecule has 0 aromatic rings. The van der Waals surface area contributed by atoms with Crippen LogP contribution in [-0.2, 0) is 0 Å². The Kier molecular flexibility index (Phi) is 3.74. The molecule has 0 aromatic heterocycles. The van der Waals surface area contributed by atoms with E-state index >= 15 is 0 Å². The monoisotopic (exact) mass is 184 g/mol. The normalized spacial score (nSPS) is 21.7. The third-order valence-electron chi connectivity index (χ3n) is 3.32. The maximum Gasteiger partial charge on any atom is 0.0327 e. The number of nitrogens with zero attached hydrogens (tertiary/aromatic N) is 1. The smallest absolute Gasteiger partial charge is 0.0327 e. The fourth-order valence-corrected chi connectivity index (χ4v) is 2.21.